The van der Waals surface area contributed by atoms with Gasteiger partial charge in [-0.3, -0.25) is 14.5 Å². The summed E-state index contributed by atoms with van der Waals surface area (Å²) in [5, 5.41) is 3.89. The lowest BCUT2D eigenvalue weighted by molar-refractivity contribution is -0.136. The van der Waals surface area contributed by atoms with Crippen molar-refractivity contribution in [3.8, 4) is 0 Å². The van der Waals surface area contributed by atoms with E-state index in [0.717, 1.165) is 6.42 Å². The topological polar surface area (TPSA) is 66.7 Å². The summed E-state index contributed by atoms with van der Waals surface area (Å²) < 4.78 is 5.04. The minimum Gasteiger partial charge on any atom is -0.360 e. The molecular formula is C18H19N3O3. The lowest BCUT2D eigenvalue weighted by Crippen LogP contribution is -2.40. The highest BCUT2D eigenvalue weighted by atomic mass is 16.5. The average molecular weight is 325 g/mol. The van der Waals surface area contributed by atoms with Crippen molar-refractivity contribution in [1.82, 2.24) is 10.1 Å². The quantitative estimate of drug-likeness (QED) is 0.846. The van der Waals surface area contributed by atoms with Crippen LogP contribution in [0.4, 0.5) is 5.82 Å². The summed E-state index contributed by atoms with van der Waals surface area (Å²) in [6.07, 6.45) is 1.11. The van der Waals surface area contributed by atoms with E-state index in [9.17, 15) is 9.59 Å². The van der Waals surface area contributed by atoms with E-state index >= 15 is 0 Å². The van der Waals surface area contributed by atoms with Gasteiger partial charge < -0.3 is 9.42 Å². The van der Waals surface area contributed by atoms with Crippen LogP contribution >= 0.6 is 0 Å². The summed E-state index contributed by atoms with van der Waals surface area (Å²) in [6.45, 7) is 3.50. The summed E-state index contributed by atoms with van der Waals surface area (Å²) in [5.41, 5.74) is 2.51. The minimum atomic E-state index is -0.306. The van der Waals surface area contributed by atoms with E-state index in [2.05, 4.69) is 17.3 Å². The van der Waals surface area contributed by atoms with Crippen LogP contribution in [0.15, 0.2) is 34.9 Å². The van der Waals surface area contributed by atoms with Gasteiger partial charge in [0.2, 0.25) is 11.8 Å². The number of nitrogens with zero attached hydrogens (tertiary/aromatic N) is 3. The molecule has 0 aliphatic carbocycles. The van der Waals surface area contributed by atoms with Gasteiger partial charge in [0.05, 0.1) is 5.92 Å². The molecule has 6 heteroatoms. The van der Waals surface area contributed by atoms with E-state index in [1.807, 2.05) is 17.0 Å². The number of benzene rings is 1. The fourth-order valence-electron chi connectivity index (χ4n) is 3.52. The van der Waals surface area contributed by atoms with Gasteiger partial charge >= 0.3 is 0 Å². The first-order valence-corrected chi connectivity index (χ1v) is 8.21. The van der Waals surface area contributed by atoms with Crippen molar-refractivity contribution in [1.29, 1.82) is 0 Å². The van der Waals surface area contributed by atoms with E-state index < -0.39 is 0 Å². The van der Waals surface area contributed by atoms with E-state index in [-0.39, 0.29) is 24.2 Å². The van der Waals surface area contributed by atoms with Crippen LogP contribution < -0.4 is 4.90 Å². The normalized spacial score (nSPS) is 20.4. The standard InChI is InChI=1S/C18H19N3O3/c1-12-8-16(19-24-12)21-11-15(9-17(21)22)18(23)20-7-6-13-4-2-3-5-14(13)10-20/h2-5,8,15H,6-7,9-11H2,1H3. The van der Waals surface area contributed by atoms with Gasteiger partial charge in [-0.15, -0.1) is 0 Å². The molecule has 4 rings (SSSR count). The molecule has 2 aromatic rings. The molecule has 3 heterocycles. The largest absolute Gasteiger partial charge is 0.360 e. The molecule has 6 nitrogen and oxygen atoms in total. The number of hydrogen-bond acceptors (Lipinski definition) is 4. The molecule has 0 radical (unpaired) electrons. The number of amides is 2. The molecule has 0 spiro atoms. The van der Waals surface area contributed by atoms with Gasteiger partial charge in [-0.1, -0.05) is 29.4 Å². The van der Waals surface area contributed by atoms with Crippen molar-refractivity contribution in [2.45, 2.75) is 26.3 Å². The predicted octanol–water partition coefficient (Wildman–Crippen LogP) is 1.92. The average Bonchev–Trinajstić information content (AvgIpc) is 3.19. The predicted molar refractivity (Wildman–Crippen MR) is 87.3 cm³/mol. The molecule has 1 aromatic carbocycles. The molecule has 2 amide bonds. The number of carbonyl (C=O) groups is 2. The van der Waals surface area contributed by atoms with Gasteiger partial charge in [0, 0.05) is 32.1 Å². The van der Waals surface area contributed by atoms with Crippen LogP contribution in [0.3, 0.4) is 0 Å². The maximum Gasteiger partial charge on any atom is 0.229 e. The van der Waals surface area contributed by atoms with Gasteiger partial charge in [-0.05, 0) is 24.5 Å². The van der Waals surface area contributed by atoms with Crippen molar-refractivity contribution in [2.75, 3.05) is 18.0 Å². The Morgan fingerprint density at radius 3 is 2.83 bits per heavy atom. The van der Waals surface area contributed by atoms with E-state index in [4.69, 9.17) is 4.52 Å². The molecule has 2 aliphatic rings. The van der Waals surface area contributed by atoms with Gasteiger partial charge in [-0.25, -0.2) is 0 Å². The minimum absolute atomic E-state index is 0.0561. The first kappa shape index (κ1) is 14.9. The van der Waals surface area contributed by atoms with Crippen LogP contribution in [0.5, 0.6) is 0 Å². The van der Waals surface area contributed by atoms with Gasteiger partial charge in [-0.2, -0.15) is 0 Å². The maximum atomic E-state index is 12.8. The van der Waals surface area contributed by atoms with Crippen LogP contribution in [0.2, 0.25) is 0 Å². The van der Waals surface area contributed by atoms with Crippen molar-refractivity contribution >= 4 is 17.6 Å². The summed E-state index contributed by atoms with van der Waals surface area (Å²) in [6, 6.07) is 9.94. The Balaban J connectivity index is 1.47. The van der Waals surface area contributed by atoms with Crippen LogP contribution in [-0.2, 0) is 22.6 Å². The summed E-state index contributed by atoms with van der Waals surface area (Å²) in [7, 11) is 0. The Hall–Kier alpha value is -2.63. The number of anilines is 1. The van der Waals surface area contributed by atoms with Crippen molar-refractivity contribution in [3.05, 3.63) is 47.2 Å². The SMILES string of the molecule is Cc1cc(N2CC(C(=O)N3CCc4ccccc4C3)CC2=O)no1. The first-order chi connectivity index (χ1) is 11.6. The summed E-state index contributed by atoms with van der Waals surface area (Å²) in [4.78, 5) is 28.5. The number of aromatic nitrogens is 1. The van der Waals surface area contributed by atoms with Crippen molar-refractivity contribution in [2.24, 2.45) is 5.92 Å². The monoisotopic (exact) mass is 325 g/mol. The van der Waals surface area contributed by atoms with Gasteiger partial charge in [0.1, 0.15) is 5.76 Å². The highest BCUT2D eigenvalue weighted by Gasteiger charge is 2.38. The fraction of sp³-hybridized carbons (Fsp3) is 0.389. The molecule has 1 unspecified atom stereocenters. The molecule has 0 N–H and O–H groups in total. The van der Waals surface area contributed by atoms with Crippen LogP contribution in [-0.4, -0.2) is 35.0 Å². The first-order valence-electron chi connectivity index (χ1n) is 8.21. The van der Waals surface area contributed by atoms with Crippen LogP contribution in [0.25, 0.3) is 0 Å². The molecule has 1 saturated heterocycles. The van der Waals surface area contributed by atoms with E-state index in [1.165, 1.54) is 11.1 Å². The fourth-order valence-corrected chi connectivity index (χ4v) is 3.52. The molecule has 2 aliphatic heterocycles. The molecule has 0 bridgehead atoms. The van der Waals surface area contributed by atoms with Crippen LogP contribution in [0.1, 0.15) is 23.3 Å². The Kier molecular flexibility index (Phi) is 3.59. The Labute approximate surface area is 140 Å². The second-order valence-electron chi connectivity index (χ2n) is 6.48. The Morgan fingerprint density at radius 1 is 1.29 bits per heavy atom. The third kappa shape index (κ3) is 2.58. The number of fused-ring (bicyclic) bond motifs is 1. The zero-order chi connectivity index (χ0) is 16.7. The molecule has 1 atom stereocenters. The highest BCUT2D eigenvalue weighted by Crippen LogP contribution is 2.28. The van der Waals surface area contributed by atoms with Crippen molar-refractivity contribution < 1.29 is 14.1 Å². The van der Waals surface area contributed by atoms with Crippen LogP contribution in [0, 0.1) is 12.8 Å². The number of rotatable bonds is 2. The highest BCUT2D eigenvalue weighted by molar-refractivity contribution is 5.99. The summed E-state index contributed by atoms with van der Waals surface area (Å²) in [5.74, 6) is 0.830. The number of carbonyl (C=O) groups excluding carboxylic acids is 2. The van der Waals surface area contributed by atoms with Gasteiger partial charge in [0.15, 0.2) is 5.82 Å². The zero-order valence-electron chi connectivity index (χ0n) is 13.6. The number of aryl methyl sites for hydroxylation is 1. The number of hydrogen-bond donors (Lipinski definition) is 0. The lowest BCUT2D eigenvalue weighted by atomic mass is 9.98. The Bertz CT molecular complexity index is 798. The molecule has 1 fully saturated rings. The Morgan fingerprint density at radius 2 is 2.08 bits per heavy atom. The third-order valence-corrected chi connectivity index (χ3v) is 4.81. The smallest absolute Gasteiger partial charge is 0.229 e. The molecule has 124 valence electrons. The van der Waals surface area contributed by atoms with E-state index in [0.29, 0.717) is 31.2 Å². The lowest BCUT2D eigenvalue weighted by Gasteiger charge is -2.30. The molecule has 0 saturated carbocycles. The second-order valence-corrected chi connectivity index (χ2v) is 6.48. The third-order valence-electron chi connectivity index (χ3n) is 4.81. The maximum absolute atomic E-state index is 12.8. The summed E-state index contributed by atoms with van der Waals surface area (Å²) >= 11 is 0. The second kappa shape index (κ2) is 5.78. The molecule has 1 aromatic heterocycles. The van der Waals surface area contributed by atoms with Gasteiger partial charge in [0.25, 0.3) is 0 Å². The van der Waals surface area contributed by atoms with Crippen molar-refractivity contribution in [3.63, 3.8) is 0 Å². The zero-order valence-corrected chi connectivity index (χ0v) is 13.6. The molecular weight excluding hydrogens is 306 g/mol. The van der Waals surface area contributed by atoms with E-state index in [1.54, 1.807) is 17.9 Å². The molecule has 24 heavy (non-hydrogen) atoms.